The van der Waals surface area contributed by atoms with Gasteiger partial charge in [-0.05, 0) is 35.5 Å². The summed E-state index contributed by atoms with van der Waals surface area (Å²) in [6, 6.07) is 16.6. The number of rotatable bonds is 4. The molecule has 4 nitrogen and oxygen atoms in total. The molecule has 0 bridgehead atoms. The van der Waals surface area contributed by atoms with Crippen LogP contribution in [-0.2, 0) is 4.79 Å². The monoisotopic (exact) mass is 344 g/mol. The van der Waals surface area contributed by atoms with Crippen molar-refractivity contribution in [2.75, 3.05) is 12.0 Å². The molecule has 2 amide bonds. The van der Waals surface area contributed by atoms with Gasteiger partial charge in [-0.15, -0.1) is 0 Å². The fourth-order valence-electron chi connectivity index (χ4n) is 2.11. The number of anilines is 1. The summed E-state index contributed by atoms with van der Waals surface area (Å²) in [6.45, 7) is 0.0839. The Hall–Kier alpha value is -2.24. The van der Waals surface area contributed by atoms with E-state index in [1.807, 2.05) is 42.5 Å². The average Bonchev–Trinajstić information content (AvgIpc) is 2.82. The summed E-state index contributed by atoms with van der Waals surface area (Å²) in [5.74, 6) is -0.302. The molecule has 2 aromatic carbocycles. The molecule has 6 heteroatoms. The van der Waals surface area contributed by atoms with Crippen LogP contribution < -0.4 is 5.32 Å². The summed E-state index contributed by atoms with van der Waals surface area (Å²) < 4.78 is 0. The largest absolute Gasteiger partial charge is 0.366 e. The van der Waals surface area contributed by atoms with Crippen LogP contribution in [0.15, 0.2) is 59.5 Å². The number of hydrogen-bond acceptors (Lipinski definition) is 4. The third-order valence-electron chi connectivity index (χ3n) is 3.27. The zero-order chi connectivity index (χ0) is 16.2. The summed E-state index contributed by atoms with van der Waals surface area (Å²) in [4.78, 5) is 26.0. The van der Waals surface area contributed by atoms with Gasteiger partial charge in [0.1, 0.15) is 0 Å². The van der Waals surface area contributed by atoms with E-state index in [2.05, 4.69) is 5.32 Å². The van der Waals surface area contributed by atoms with E-state index in [-0.39, 0.29) is 17.8 Å². The first kappa shape index (κ1) is 15.6. The maximum absolute atomic E-state index is 12.4. The molecule has 0 aliphatic carbocycles. The van der Waals surface area contributed by atoms with Crippen molar-refractivity contribution in [2.24, 2.45) is 0 Å². The Kier molecular flexibility index (Phi) is 4.69. The number of hydrogen-bond donors (Lipinski definition) is 1. The molecule has 0 aromatic heterocycles. The van der Waals surface area contributed by atoms with E-state index in [0.717, 1.165) is 17.3 Å². The van der Waals surface area contributed by atoms with Crippen LogP contribution >= 0.6 is 23.4 Å². The summed E-state index contributed by atoms with van der Waals surface area (Å²) in [5.41, 5.74) is 1.57. The zero-order valence-electron chi connectivity index (χ0n) is 12.0. The average molecular weight is 345 g/mol. The van der Waals surface area contributed by atoms with Crippen LogP contribution in [0.25, 0.3) is 6.08 Å². The lowest BCUT2D eigenvalue weighted by Gasteiger charge is -2.15. The number of carbonyl (C=O) groups is 2. The van der Waals surface area contributed by atoms with Crippen molar-refractivity contribution in [1.82, 2.24) is 4.90 Å². The van der Waals surface area contributed by atoms with Crippen molar-refractivity contribution in [3.05, 3.63) is 70.1 Å². The number of nitrogens with zero attached hydrogens (tertiary/aromatic N) is 1. The van der Waals surface area contributed by atoms with Crippen molar-refractivity contribution in [3.63, 3.8) is 0 Å². The van der Waals surface area contributed by atoms with Crippen LogP contribution in [0.4, 0.5) is 10.5 Å². The van der Waals surface area contributed by atoms with Crippen molar-refractivity contribution in [2.45, 2.75) is 0 Å². The van der Waals surface area contributed by atoms with E-state index >= 15 is 0 Å². The van der Waals surface area contributed by atoms with E-state index in [0.29, 0.717) is 15.6 Å². The lowest BCUT2D eigenvalue weighted by atomic mass is 10.2. The molecule has 0 unspecified atom stereocenters. The predicted molar refractivity (Wildman–Crippen MR) is 94.2 cm³/mol. The predicted octanol–water partition coefficient (Wildman–Crippen LogP) is 4.45. The van der Waals surface area contributed by atoms with Gasteiger partial charge in [-0.1, -0.05) is 54.1 Å². The number of nitrogens with one attached hydrogen (secondary N) is 1. The summed E-state index contributed by atoms with van der Waals surface area (Å²) in [7, 11) is 0. The molecule has 1 N–H and O–H groups in total. The minimum atomic E-state index is -0.302. The fourth-order valence-corrected chi connectivity index (χ4v) is 3.15. The van der Waals surface area contributed by atoms with Gasteiger partial charge >= 0.3 is 0 Å². The second-order valence-corrected chi connectivity index (χ2v) is 6.24. The van der Waals surface area contributed by atoms with Gasteiger partial charge in [0.25, 0.3) is 11.1 Å². The van der Waals surface area contributed by atoms with E-state index in [1.54, 1.807) is 18.2 Å². The molecule has 2 aromatic rings. The van der Waals surface area contributed by atoms with Gasteiger partial charge in [-0.3, -0.25) is 14.5 Å². The van der Waals surface area contributed by atoms with Gasteiger partial charge < -0.3 is 5.32 Å². The Labute approximate surface area is 143 Å². The van der Waals surface area contributed by atoms with E-state index < -0.39 is 0 Å². The first-order valence-corrected chi connectivity index (χ1v) is 8.13. The fraction of sp³-hybridized carbons (Fsp3) is 0.0588. The Balaban J connectivity index is 1.72. The normalized spacial score (nSPS) is 16.2. The first-order chi connectivity index (χ1) is 11.1. The Morgan fingerprint density at radius 3 is 2.48 bits per heavy atom. The Morgan fingerprint density at radius 1 is 1.04 bits per heavy atom. The quantitative estimate of drug-likeness (QED) is 0.833. The van der Waals surface area contributed by atoms with E-state index in [1.165, 1.54) is 4.90 Å². The van der Waals surface area contributed by atoms with E-state index in [4.69, 9.17) is 11.6 Å². The third-order valence-corrected chi connectivity index (χ3v) is 4.51. The summed E-state index contributed by atoms with van der Waals surface area (Å²) in [5, 5.41) is 3.26. The van der Waals surface area contributed by atoms with Gasteiger partial charge in [0.05, 0.1) is 22.3 Å². The van der Waals surface area contributed by atoms with Gasteiger partial charge in [0.2, 0.25) is 0 Å². The highest BCUT2D eigenvalue weighted by Crippen LogP contribution is 2.32. The number of imide groups is 1. The van der Waals surface area contributed by atoms with Gasteiger partial charge in [0, 0.05) is 0 Å². The molecule has 1 saturated heterocycles. The van der Waals surface area contributed by atoms with Gasteiger partial charge in [-0.25, -0.2) is 0 Å². The maximum Gasteiger partial charge on any atom is 0.295 e. The minimum Gasteiger partial charge on any atom is -0.366 e. The smallest absolute Gasteiger partial charge is 0.295 e. The van der Waals surface area contributed by atoms with Gasteiger partial charge in [0.15, 0.2) is 0 Å². The van der Waals surface area contributed by atoms with Crippen molar-refractivity contribution < 1.29 is 9.59 Å². The molecule has 1 aliphatic rings. The molecule has 23 heavy (non-hydrogen) atoms. The lowest BCUT2D eigenvalue weighted by molar-refractivity contribution is -0.122. The highest BCUT2D eigenvalue weighted by molar-refractivity contribution is 8.18. The zero-order valence-corrected chi connectivity index (χ0v) is 13.6. The van der Waals surface area contributed by atoms with Crippen LogP contribution in [0, 0.1) is 0 Å². The number of thioether (sulfide) groups is 1. The third kappa shape index (κ3) is 3.57. The lowest BCUT2D eigenvalue weighted by Crippen LogP contribution is -2.33. The van der Waals surface area contributed by atoms with Crippen molar-refractivity contribution in [1.29, 1.82) is 0 Å². The van der Waals surface area contributed by atoms with Crippen LogP contribution in [0.1, 0.15) is 5.56 Å². The molecule has 3 rings (SSSR count). The molecule has 0 saturated carbocycles. The molecule has 116 valence electrons. The molecule has 0 atom stereocenters. The Bertz CT molecular complexity index is 777. The number of halogens is 1. The SMILES string of the molecule is O=C1S/C(=C/c2ccccc2)C(=O)N1CNc1ccccc1Cl. The molecule has 0 radical (unpaired) electrons. The highest BCUT2D eigenvalue weighted by atomic mass is 35.5. The van der Waals surface area contributed by atoms with Crippen LogP contribution in [0.5, 0.6) is 0 Å². The van der Waals surface area contributed by atoms with Crippen LogP contribution in [-0.4, -0.2) is 22.7 Å². The van der Waals surface area contributed by atoms with E-state index in [9.17, 15) is 9.59 Å². The standard InChI is InChI=1S/C17H13ClN2O2S/c18-13-8-4-5-9-14(13)19-11-20-16(21)15(23-17(20)22)10-12-6-2-1-3-7-12/h1-10,19H,11H2/b15-10+. The molecule has 0 spiro atoms. The molecule has 1 fully saturated rings. The second kappa shape index (κ2) is 6.89. The van der Waals surface area contributed by atoms with Crippen LogP contribution in [0.2, 0.25) is 5.02 Å². The van der Waals surface area contributed by atoms with Crippen LogP contribution in [0.3, 0.4) is 0 Å². The number of amides is 2. The minimum absolute atomic E-state index is 0.0839. The first-order valence-electron chi connectivity index (χ1n) is 6.94. The highest BCUT2D eigenvalue weighted by Gasteiger charge is 2.34. The number of para-hydroxylation sites is 1. The molecular formula is C17H13ClN2O2S. The molecule has 1 heterocycles. The second-order valence-electron chi connectivity index (χ2n) is 4.84. The topological polar surface area (TPSA) is 49.4 Å². The van der Waals surface area contributed by atoms with Crippen molar-refractivity contribution >= 4 is 46.3 Å². The van der Waals surface area contributed by atoms with Gasteiger partial charge in [-0.2, -0.15) is 0 Å². The molecular weight excluding hydrogens is 332 g/mol. The maximum atomic E-state index is 12.4. The number of benzene rings is 2. The number of carbonyl (C=O) groups excluding carboxylic acids is 2. The summed E-state index contributed by atoms with van der Waals surface area (Å²) in [6.07, 6.45) is 1.72. The summed E-state index contributed by atoms with van der Waals surface area (Å²) >= 11 is 6.99. The van der Waals surface area contributed by atoms with Crippen molar-refractivity contribution in [3.8, 4) is 0 Å². The Morgan fingerprint density at radius 2 is 1.74 bits per heavy atom. The molecule has 1 aliphatic heterocycles.